The molecule has 0 saturated carbocycles. The first-order valence-corrected chi connectivity index (χ1v) is 11.5. The fourth-order valence-electron chi connectivity index (χ4n) is 4.92. The second-order valence-corrected chi connectivity index (χ2v) is 9.36. The van der Waals surface area contributed by atoms with Gasteiger partial charge in [-0.3, -0.25) is 9.89 Å². The van der Waals surface area contributed by atoms with Crippen LogP contribution in [0.25, 0.3) is 0 Å². The van der Waals surface area contributed by atoms with E-state index in [0.29, 0.717) is 12.0 Å². The fourth-order valence-corrected chi connectivity index (χ4v) is 5.12. The minimum Gasteiger partial charge on any atom is -0.381 e. The number of likely N-dealkylation sites (N-methyl/N-ethyl adjacent to an activating group) is 1. The summed E-state index contributed by atoms with van der Waals surface area (Å²) in [5, 5.41) is 7.99. The van der Waals surface area contributed by atoms with Gasteiger partial charge in [0.25, 0.3) is 0 Å². The minimum atomic E-state index is 0.115. The van der Waals surface area contributed by atoms with E-state index in [0.717, 1.165) is 56.7 Å². The SMILES string of the molecule is CN=C(NCC1CCCN(C)C1c1cccc(Cl)c1)NCC1(N(C)C)CCOCC1. The predicted molar refractivity (Wildman–Crippen MR) is 125 cm³/mol. The van der Waals surface area contributed by atoms with Crippen LogP contribution < -0.4 is 10.6 Å². The molecule has 2 fully saturated rings. The Labute approximate surface area is 187 Å². The molecular weight excluding hydrogens is 398 g/mol. The average Bonchev–Trinajstić information content (AvgIpc) is 2.74. The van der Waals surface area contributed by atoms with Gasteiger partial charge in [0, 0.05) is 50.0 Å². The van der Waals surface area contributed by atoms with Crippen molar-refractivity contribution >= 4 is 17.6 Å². The summed E-state index contributed by atoms with van der Waals surface area (Å²) in [6.45, 7) is 4.52. The second-order valence-electron chi connectivity index (χ2n) is 8.92. The lowest BCUT2D eigenvalue weighted by Crippen LogP contribution is -2.57. The molecular formula is C23H38ClN5O. The molecule has 2 aliphatic rings. The highest BCUT2D eigenvalue weighted by Gasteiger charge is 2.35. The van der Waals surface area contributed by atoms with E-state index in [1.165, 1.54) is 18.4 Å². The van der Waals surface area contributed by atoms with Crippen molar-refractivity contribution in [2.24, 2.45) is 10.9 Å². The molecule has 1 aromatic rings. The summed E-state index contributed by atoms with van der Waals surface area (Å²) in [5.41, 5.74) is 1.41. The van der Waals surface area contributed by atoms with Gasteiger partial charge in [-0.05, 0) is 77.0 Å². The van der Waals surface area contributed by atoms with Crippen molar-refractivity contribution in [2.75, 3.05) is 61.0 Å². The first kappa shape index (κ1) is 23.3. The zero-order valence-electron chi connectivity index (χ0n) is 19.0. The smallest absolute Gasteiger partial charge is 0.191 e. The van der Waals surface area contributed by atoms with E-state index in [1.54, 1.807) is 0 Å². The molecule has 0 bridgehead atoms. The Balaban J connectivity index is 1.61. The standard InChI is InChI=1S/C23H38ClN5O/c1-25-22(27-17-23(28(2)3)10-13-30-14-11-23)26-16-19-8-6-12-29(4)21(19)18-7-5-9-20(24)15-18/h5,7,9,15,19,21H,6,8,10-14,16-17H2,1-4H3,(H2,25,26,27). The highest BCUT2D eigenvalue weighted by Crippen LogP contribution is 2.35. The Morgan fingerprint density at radius 3 is 2.73 bits per heavy atom. The number of halogens is 1. The van der Waals surface area contributed by atoms with Gasteiger partial charge in [-0.25, -0.2) is 0 Å². The number of hydrogen-bond donors (Lipinski definition) is 2. The highest BCUT2D eigenvalue weighted by molar-refractivity contribution is 6.30. The van der Waals surface area contributed by atoms with Gasteiger partial charge in [0.1, 0.15) is 0 Å². The first-order chi connectivity index (χ1) is 14.4. The molecule has 2 saturated heterocycles. The van der Waals surface area contributed by atoms with Crippen LogP contribution in [0.2, 0.25) is 5.02 Å². The van der Waals surface area contributed by atoms with Crippen LogP contribution in [0, 0.1) is 5.92 Å². The molecule has 0 spiro atoms. The monoisotopic (exact) mass is 435 g/mol. The number of rotatable bonds is 6. The van der Waals surface area contributed by atoms with Crippen LogP contribution in [0.1, 0.15) is 37.3 Å². The van der Waals surface area contributed by atoms with E-state index in [4.69, 9.17) is 16.3 Å². The van der Waals surface area contributed by atoms with E-state index < -0.39 is 0 Å². The number of piperidine rings is 1. The summed E-state index contributed by atoms with van der Waals surface area (Å²) < 4.78 is 5.59. The van der Waals surface area contributed by atoms with Crippen molar-refractivity contribution in [3.05, 3.63) is 34.9 Å². The largest absolute Gasteiger partial charge is 0.381 e. The lowest BCUT2D eigenvalue weighted by molar-refractivity contribution is -0.00502. The maximum absolute atomic E-state index is 6.29. The lowest BCUT2D eigenvalue weighted by atomic mass is 9.85. The van der Waals surface area contributed by atoms with E-state index in [2.05, 4.69) is 64.8 Å². The number of hydrogen-bond acceptors (Lipinski definition) is 4. The molecule has 168 valence electrons. The molecule has 6 nitrogen and oxygen atoms in total. The Kier molecular flexibility index (Phi) is 8.40. The molecule has 0 radical (unpaired) electrons. The van der Waals surface area contributed by atoms with Crippen molar-refractivity contribution in [3.63, 3.8) is 0 Å². The zero-order chi connectivity index (χ0) is 21.6. The van der Waals surface area contributed by atoms with Gasteiger partial charge in [-0.2, -0.15) is 0 Å². The van der Waals surface area contributed by atoms with Gasteiger partial charge in [-0.15, -0.1) is 0 Å². The van der Waals surface area contributed by atoms with E-state index in [9.17, 15) is 0 Å². The third kappa shape index (κ3) is 5.67. The molecule has 0 aliphatic carbocycles. The number of nitrogens with one attached hydrogen (secondary N) is 2. The molecule has 2 aliphatic heterocycles. The summed E-state index contributed by atoms with van der Waals surface area (Å²) in [6, 6.07) is 8.68. The molecule has 0 amide bonds. The summed E-state index contributed by atoms with van der Waals surface area (Å²) in [6.07, 6.45) is 4.49. The van der Waals surface area contributed by atoms with Crippen LogP contribution in [-0.2, 0) is 4.74 Å². The molecule has 30 heavy (non-hydrogen) atoms. The van der Waals surface area contributed by atoms with Crippen LogP contribution in [0.15, 0.2) is 29.3 Å². The maximum Gasteiger partial charge on any atom is 0.191 e. The number of guanidine groups is 1. The van der Waals surface area contributed by atoms with Crippen LogP contribution in [0.3, 0.4) is 0 Å². The normalized spacial score (nSPS) is 25.3. The number of aliphatic imine (C=N–C) groups is 1. The predicted octanol–water partition coefficient (Wildman–Crippen LogP) is 3.00. The lowest BCUT2D eigenvalue weighted by Gasteiger charge is -2.43. The molecule has 2 heterocycles. The van der Waals surface area contributed by atoms with Crippen LogP contribution in [0.5, 0.6) is 0 Å². The topological polar surface area (TPSA) is 52.1 Å². The Hall–Kier alpha value is -1.34. The molecule has 2 unspecified atom stereocenters. The van der Waals surface area contributed by atoms with Crippen molar-refractivity contribution in [3.8, 4) is 0 Å². The second kappa shape index (κ2) is 10.8. The summed E-state index contributed by atoms with van der Waals surface area (Å²) in [5.74, 6) is 1.38. The van der Waals surface area contributed by atoms with Crippen molar-refractivity contribution in [1.82, 2.24) is 20.4 Å². The third-order valence-corrected chi connectivity index (χ3v) is 7.14. The van der Waals surface area contributed by atoms with Crippen molar-refractivity contribution in [2.45, 2.75) is 37.3 Å². The van der Waals surface area contributed by atoms with Gasteiger partial charge in [0.2, 0.25) is 0 Å². The van der Waals surface area contributed by atoms with Crippen LogP contribution in [0.4, 0.5) is 0 Å². The minimum absolute atomic E-state index is 0.115. The molecule has 7 heteroatoms. The van der Waals surface area contributed by atoms with Gasteiger partial charge in [-0.1, -0.05) is 23.7 Å². The zero-order valence-corrected chi connectivity index (χ0v) is 19.7. The van der Waals surface area contributed by atoms with E-state index in [-0.39, 0.29) is 5.54 Å². The fraction of sp³-hybridized carbons (Fsp3) is 0.696. The van der Waals surface area contributed by atoms with E-state index in [1.807, 2.05) is 13.1 Å². The Bertz CT molecular complexity index is 705. The number of nitrogens with zero attached hydrogens (tertiary/aromatic N) is 3. The van der Waals surface area contributed by atoms with Crippen LogP contribution >= 0.6 is 11.6 Å². The molecule has 2 N–H and O–H groups in total. The summed E-state index contributed by atoms with van der Waals surface area (Å²) in [4.78, 5) is 9.28. The third-order valence-electron chi connectivity index (χ3n) is 6.91. The molecule has 1 aromatic carbocycles. The molecule has 0 aromatic heterocycles. The van der Waals surface area contributed by atoms with Gasteiger partial charge >= 0.3 is 0 Å². The number of likely N-dealkylation sites (tertiary alicyclic amines) is 1. The van der Waals surface area contributed by atoms with Gasteiger partial charge in [0.05, 0.1) is 0 Å². The average molecular weight is 436 g/mol. The summed E-state index contributed by atoms with van der Waals surface area (Å²) in [7, 11) is 8.40. The molecule has 3 rings (SSSR count). The highest BCUT2D eigenvalue weighted by atomic mass is 35.5. The van der Waals surface area contributed by atoms with Gasteiger partial charge in [0.15, 0.2) is 5.96 Å². The van der Waals surface area contributed by atoms with Crippen molar-refractivity contribution < 1.29 is 4.74 Å². The first-order valence-electron chi connectivity index (χ1n) is 11.1. The number of benzene rings is 1. The van der Waals surface area contributed by atoms with Gasteiger partial charge < -0.3 is 20.3 Å². The van der Waals surface area contributed by atoms with Crippen molar-refractivity contribution in [1.29, 1.82) is 0 Å². The maximum atomic E-state index is 6.29. The Morgan fingerprint density at radius 2 is 2.07 bits per heavy atom. The quantitative estimate of drug-likeness (QED) is 0.531. The summed E-state index contributed by atoms with van der Waals surface area (Å²) >= 11 is 6.29. The number of ether oxygens (including phenoxy) is 1. The van der Waals surface area contributed by atoms with E-state index >= 15 is 0 Å². The Morgan fingerprint density at radius 1 is 1.30 bits per heavy atom. The molecule has 2 atom stereocenters. The van der Waals surface area contributed by atoms with Crippen LogP contribution in [-0.4, -0.2) is 82.3 Å².